The molecule has 9 heteroatoms. The van der Waals surface area contributed by atoms with Crippen LogP contribution >= 0.6 is 0 Å². The standard InChI is InChI=1S/C19H19FN2O5S/c20-13-1-5-15(6-2-13)22(12-19(23)21-14-3-4-14)28(24,25)16-7-8-17-18(11-16)27-10-9-26-17/h1-2,5-8,11,14H,3-4,9-10,12H2,(H,21,23). The van der Waals surface area contributed by atoms with Gasteiger partial charge < -0.3 is 14.8 Å². The van der Waals surface area contributed by atoms with E-state index in [-0.39, 0.29) is 16.6 Å². The second-order valence-corrected chi connectivity index (χ2v) is 8.50. The van der Waals surface area contributed by atoms with E-state index in [1.54, 1.807) is 0 Å². The molecule has 0 aromatic heterocycles. The van der Waals surface area contributed by atoms with Crippen LogP contribution in [0, 0.1) is 5.82 Å². The summed E-state index contributed by atoms with van der Waals surface area (Å²) in [7, 11) is -4.10. The number of fused-ring (bicyclic) bond motifs is 1. The zero-order chi connectivity index (χ0) is 19.7. The summed E-state index contributed by atoms with van der Waals surface area (Å²) in [6.45, 7) is 0.309. The van der Waals surface area contributed by atoms with Gasteiger partial charge in [0.15, 0.2) is 11.5 Å². The first-order valence-corrected chi connectivity index (χ1v) is 10.3. The Morgan fingerprint density at radius 2 is 1.75 bits per heavy atom. The van der Waals surface area contributed by atoms with Crippen LogP contribution in [0.2, 0.25) is 0 Å². The number of rotatable bonds is 6. The van der Waals surface area contributed by atoms with Crippen molar-refractivity contribution in [2.75, 3.05) is 24.1 Å². The molecule has 1 amide bonds. The highest BCUT2D eigenvalue weighted by molar-refractivity contribution is 7.92. The third-order valence-electron chi connectivity index (χ3n) is 4.45. The van der Waals surface area contributed by atoms with Gasteiger partial charge in [-0.3, -0.25) is 9.10 Å². The van der Waals surface area contributed by atoms with Gasteiger partial charge in [-0.15, -0.1) is 0 Å². The maximum Gasteiger partial charge on any atom is 0.264 e. The maximum absolute atomic E-state index is 13.3. The van der Waals surface area contributed by atoms with Gasteiger partial charge in [-0.1, -0.05) is 0 Å². The number of hydrogen-bond acceptors (Lipinski definition) is 5. The molecule has 148 valence electrons. The average molecular weight is 406 g/mol. The van der Waals surface area contributed by atoms with E-state index in [4.69, 9.17) is 9.47 Å². The van der Waals surface area contributed by atoms with Gasteiger partial charge in [0.1, 0.15) is 25.6 Å². The first-order chi connectivity index (χ1) is 13.4. The minimum absolute atomic E-state index is 0.0414. The van der Waals surface area contributed by atoms with E-state index in [0.29, 0.717) is 24.7 Å². The first kappa shape index (κ1) is 18.5. The van der Waals surface area contributed by atoms with Gasteiger partial charge in [-0.05, 0) is 49.2 Å². The molecular formula is C19H19FN2O5S. The zero-order valence-electron chi connectivity index (χ0n) is 14.9. The highest BCUT2D eigenvalue weighted by Crippen LogP contribution is 2.34. The van der Waals surface area contributed by atoms with Crippen molar-refractivity contribution in [2.45, 2.75) is 23.8 Å². The molecule has 2 aliphatic rings. The van der Waals surface area contributed by atoms with Crippen LogP contribution in [-0.2, 0) is 14.8 Å². The summed E-state index contributed by atoms with van der Waals surface area (Å²) in [4.78, 5) is 12.3. The number of amides is 1. The number of anilines is 1. The van der Waals surface area contributed by atoms with Crippen LogP contribution in [0.1, 0.15) is 12.8 Å². The van der Waals surface area contributed by atoms with Crippen LogP contribution in [0.25, 0.3) is 0 Å². The maximum atomic E-state index is 13.3. The van der Waals surface area contributed by atoms with Crippen molar-refractivity contribution in [3.63, 3.8) is 0 Å². The smallest absolute Gasteiger partial charge is 0.264 e. The van der Waals surface area contributed by atoms with Gasteiger partial charge in [-0.2, -0.15) is 0 Å². The van der Waals surface area contributed by atoms with Crippen LogP contribution in [0.5, 0.6) is 11.5 Å². The molecule has 1 N–H and O–H groups in total. The van der Waals surface area contributed by atoms with Crippen molar-refractivity contribution >= 4 is 21.6 Å². The summed E-state index contributed by atoms with van der Waals surface area (Å²) >= 11 is 0. The van der Waals surface area contributed by atoms with Crippen molar-refractivity contribution in [3.8, 4) is 11.5 Å². The lowest BCUT2D eigenvalue weighted by atomic mass is 10.3. The molecule has 0 spiro atoms. The number of nitrogens with zero attached hydrogens (tertiary/aromatic N) is 1. The van der Waals surface area contributed by atoms with Crippen molar-refractivity contribution in [1.82, 2.24) is 5.32 Å². The first-order valence-electron chi connectivity index (χ1n) is 8.91. The molecule has 1 aliphatic carbocycles. The van der Waals surface area contributed by atoms with Gasteiger partial charge >= 0.3 is 0 Å². The third-order valence-corrected chi connectivity index (χ3v) is 6.22. The summed E-state index contributed by atoms with van der Waals surface area (Å²) in [5.74, 6) is -0.116. The average Bonchev–Trinajstić information content (AvgIpc) is 3.50. The zero-order valence-corrected chi connectivity index (χ0v) is 15.7. The van der Waals surface area contributed by atoms with Gasteiger partial charge in [0, 0.05) is 12.1 Å². The van der Waals surface area contributed by atoms with Gasteiger partial charge in [-0.25, -0.2) is 12.8 Å². The molecule has 0 atom stereocenters. The van der Waals surface area contributed by atoms with Crippen LogP contribution < -0.4 is 19.1 Å². The second-order valence-electron chi connectivity index (χ2n) is 6.64. The number of carbonyl (C=O) groups excluding carboxylic acids is 1. The largest absolute Gasteiger partial charge is 0.486 e. The molecule has 0 unspecified atom stereocenters. The normalized spacial score (nSPS) is 15.8. The fourth-order valence-electron chi connectivity index (χ4n) is 2.87. The summed E-state index contributed by atoms with van der Waals surface area (Å²) in [5.41, 5.74) is 0.197. The Morgan fingerprint density at radius 1 is 1.07 bits per heavy atom. The Kier molecular flexibility index (Phi) is 4.84. The van der Waals surface area contributed by atoms with Crippen LogP contribution in [-0.4, -0.2) is 40.1 Å². The third kappa shape index (κ3) is 3.89. The number of nitrogens with one attached hydrogen (secondary N) is 1. The number of halogens is 1. The van der Waals surface area contributed by atoms with Crippen molar-refractivity contribution in [2.24, 2.45) is 0 Å². The number of hydrogen-bond donors (Lipinski definition) is 1. The Morgan fingerprint density at radius 3 is 2.43 bits per heavy atom. The molecule has 2 aromatic carbocycles. The lowest BCUT2D eigenvalue weighted by molar-refractivity contribution is -0.119. The Balaban J connectivity index is 1.69. The Hall–Kier alpha value is -2.81. The van der Waals surface area contributed by atoms with Crippen LogP contribution in [0.15, 0.2) is 47.4 Å². The fraction of sp³-hybridized carbons (Fsp3) is 0.316. The molecule has 0 radical (unpaired) electrons. The minimum Gasteiger partial charge on any atom is -0.486 e. The van der Waals surface area contributed by atoms with E-state index < -0.39 is 28.3 Å². The number of carbonyl (C=O) groups is 1. The predicted molar refractivity (Wildman–Crippen MR) is 99.5 cm³/mol. The molecule has 4 rings (SSSR count). The lowest BCUT2D eigenvalue weighted by Crippen LogP contribution is -2.41. The number of benzene rings is 2. The predicted octanol–water partition coefficient (Wildman–Crippen LogP) is 2.07. The SMILES string of the molecule is O=C(CN(c1ccc(F)cc1)S(=O)(=O)c1ccc2c(c1)OCCO2)NC1CC1. The molecule has 0 bridgehead atoms. The summed E-state index contributed by atoms with van der Waals surface area (Å²) in [6.07, 6.45) is 1.77. The number of sulfonamides is 1. The fourth-order valence-corrected chi connectivity index (χ4v) is 4.30. The van der Waals surface area contributed by atoms with Crippen molar-refractivity contribution in [3.05, 3.63) is 48.3 Å². The summed E-state index contributed by atoms with van der Waals surface area (Å²) < 4.78 is 51.8. The molecule has 7 nitrogen and oxygen atoms in total. The van der Waals surface area contributed by atoms with E-state index in [9.17, 15) is 17.6 Å². The highest BCUT2D eigenvalue weighted by atomic mass is 32.2. The number of ether oxygens (including phenoxy) is 2. The lowest BCUT2D eigenvalue weighted by Gasteiger charge is -2.25. The summed E-state index contributed by atoms with van der Waals surface area (Å²) in [5, 5.41) is 2.78. The van der Waals surface area contributed by atoms with E-state index in [1.165, 1.54) is 30.3 Å². The van der Waals surface area contributed by atoms with Gasteiger partial charge in [0.05, 0.1) is 10.6 Å². The van der Waals surface area contributed by atoms with E-state index in [1.807, 2.05) is 0 Å². The molecule has 1 heterocycles. The highest BCUT2D eigenvalue weighted by Gasteiger charge is 2.31. The van der Waals surface area contributed by atoms with Crippen LogP contribution in [0.3, 0.4) is 0 Å². The Labute approximate surface area is 162 Å². The molecule has 1 saturated carbocycles. The van der Waals surface area contributed by atoms with Gasteiger partial charge in [0.25, 0.3) is 10.0 Å². The molecule has 2 aromatic rings. The van der Waals surface area contributed by atoms with Gasteiger partial charge in [0.2, 0.25) is 5.91 Å². The Bertz CT molecular complexity index is 990. The molecule has 1 fully saturated rings. The molecule has 0 saturated heterocycles. The molecular weight excluding hydrogens is 387 g/mol. The van der Waals surface area contributed by atoms with Crippen LogP contribution in [0.4, 0.5) is 10.1 Å². The van der Waals surface area contributed by atoms with E-state index >= 15 is 0 Å². The molecule has 28 heavy (non-hydrogen) atoms. The topological polar surface area (TPSA) is 84.9 Å². The van der Waals surface area contributed by atoms with E-state index in [0.717, 1.165) is 29.3 Å². The van der Waals surface area contributed by atoms with E-state index in [2.05, 4.69) is 5.32 Å². The van der Waals surface area contributed by atoms with Crippen molar-refractivity contribution < 1.29 is 27.1 Å². The second kappa shape index (κ2) is 7.31. The minimum atomic E-state index is -4.10. The quantitative estimate of drug-likeness (QED) is 0.794. The monoisotopic (exact) mass is 406 g/mol. The molecule has 1 aliphatic heterocycles. The van der Waals surface area contributed by atoms with Crippen molar-refractivity contribution in [1.29, 1.82) is 0 Å². The summed E-state index contributed by atoms with van der Waals surface area (Å²) in [6, 6.07) is 9.36.